The molecule has 0 radical (unpaired) electrons. The number of carbonyl (C=O) groups excluding carboxylic acids is 1. The van der Waals surface area contributed by atoms with Crippen LogP contribution in [-0.2, 0) is 24.6 Å². The van der Waals surface area contributed by atoms with E-state index in [1.54, 1.807) is 17.9 Å². The van der Waals surface area contributed by atoms with Crippen molar-refractivity contribution >= 4 is 42.5 Å². The van der Waals surface area contributed by atoms with Gasteiger partial charge in [0, 0.05) is 26.1 Å². The lowest BCUT2D eigenvalue weighted by Gasteiger charge is -2.34. The minimum absolute atomic E-state index is 0.0391. The van der Waals surface area contributed by atoms with Gasteiger partial charge in [-0.1, -0.05) is 24.6 Å². The highest BCUT2D eigenvalue weighted by Gasteiger charge is 2.39. The van der Waals surface area contributed by atoms with Gasteiger partial charge in [-0.15, -0.1) is 0 Å². The van der Waals surface area contributed by atoms with Crippen molar-refractivity contribution in [2.75, 3.05) is 36.6 Å². The second-order valence-electron chi connectivity index (χ2n) is 10.9. The van der Waals surface area contributed by atoms with Gasteiger partial charge in [0.05, 0.1) is 45.3 Å². The zero-order chi connectivity index (χ0) is 28.1. The maximum atomic E-state index is 13.4. The average Bonchev–Trinajstić information content (AvgIpc) is 3.48. The van der Waals surface area contributed by atoms with E-state index >= 15 is 0 Å². The summed E-state index contributed by atoms with van der Waals surface area (Å²) in [6.07, 6.45) is 4.93. The molecule has 1 aromatic carbocycles. The lowest BCUT2D eigenvalue weighted by Crippen LogP contribution is -2.40. The van der Waals surface area contributed by atoms with Crippen LogP contribution in [0.4, 0.5) is 5.69 Å². The molecular formula is C27H33N5O6S2. The number of ether oxygens (including phenoxy) is 1. The Kier molecular flexibility index (Phi) is 7.07. The fraction of sp³-hybridized carbons (Fsp3) is 0.519. The quantitative estimate of drug-likeness (QED) is 0.442. The van der Waals surface area contributed by atoms with E-state index in [-0.39, 0.29) is 29.9 Å². The molecule has 1 saturated carbocycles. The summed E-state index contributed by atoms with van der Waals surface area (Å²) in [6.45, 7) is 1.41. The second-order valence-corrected chi connectivity index (χ2v) is 15.1. The fourth-order valence-corrected chi connectivity index (χ4v) is 9.80. The van der Waals surface area contributed by atoms with E-state index in [9.17, 15) is 21.6 Å². The number of sulfone groups is 1. The Morgan fingerprint density at radius 2 is 1.80 bits per heavy atom. The molecule has 11 nitrogen and oxygen atoms in total. The number of fused-ring (bicyclic) bond motifs is 1. The molecule has 0 bridgehead atoms. The van der Waals surface area contributed by atoms with Gasteiger partial charge in [0.15, 0.2) is 15.5 Å². The van der Waals surface area contributed by atoms with E-state index in [1.807, 2.05) is 30.3 Å². The SMILES string of the molecule is COC1CCN(c2cc(C(=O)NS(=O)(=O)C3CCS(=O)(=O)C3)nc3c2c(C2CCC2)nn3-c2ccccc2)CC1. The second kappa shape index (κ2) is 10.4. The Hall–Kier alpha value is -3.03. The Morgan fingerprint density at radius 3 is 2.40 bits per heavy atom. The third-order valence-corrected chi connectivity index (χ3v) is 12.1. The molecule has 3 aromatic rings. The number of pyridine rings is 1. The summed E-state index contributed by atoms with van der Waals surface area (Å²) in [5, 5.41) is 4.72. The van der Waals surface area contributed by atoms with E-state index in [2.05, 4.69) is 9.62 Å². The molecule has 1 aliphatic carbocycles. The van der Waals surface area contributed by atoms with Crippen molar-refractivity contribution in [2.24, 2.45) is 0 Å². The summed E-state index contributed by atoms with van der Waals surface area (Å²) in [6, 6.07) is 11.2. The number of rotatable bonds is 7. The lowest BCUT2D eigenvalue weighted by atomic mass is 9.82. The van der Waals surface area contributed by atoms with E-state index in [4.69, 9.17) is 14.8 Å². The Balaban J connectivity index is 1.46. The third kappa shape index (κ3) is 5.10. The fourth-order valence-electron chi connectivity index (χ4n) is 5.81. The van der Waals surface area contributed by atoms with Crippen molar-refractivity contribution in [1.82, 2.24) is 19.5 Å². The molecule has 2 aliphatic heterocycles. The van der Waals surface area contributed by atoms with Crippen LogP contribution in [0.25, 0.3) is 16.7 Å². The zero-order valence-electron chi connectivity index (χ0n) is 22.3. The van der Waals surface area contributed by atoms with Gasteiger partial charge in [-0.25, -0.2) is 31.2 Å². The van der Waals surface area contributed by atoms with Crippen molar-refractivity contribution in [3.8, 4) is 5.69 Å². The minimum Gasteiger partial charge on any atom is -0.381 e. The summed E-state index contributed by atoms with van der Waals surface area (Å²) in [4.78, 5) is 20.3. The van der Waals surface area contributed by atoms with Crippen LogP contribution in [-0.4, -0.2) is 80.6 Å². The van der Waals surface area contributed by atoms with Crippen molar-refractivity contribution in [3.05, 3.63) is 47.8 Å². The van der Waals surface area contributed by atoms with Gasteiger partial charge in [-0.2, -0.15) is 5.10 Å². The van der Waals surface area contributed by atoms with Gasteiger partial charge in [-0.05, 0) is 50.3 Å². The third-order valence-electron chi connectivity index (χ3n) is 8.35. The number of benzene rings is 1. The highest BCUT2D eigenvalue weighted by molar-refractivity contribution is 7.95. The molecule has 1 unspecified atom stereocenters. The molecule has 1 amide bonds. The maximum absolute atomic E-state index is 13.4. The number of hydrogen-bond acceptors (Lipinski definition) is 9. The number of aromatic nitrogens is 3. The molecule has 4 heterocycles. The summed E-state index contributed by atoms with van der Waals surface area (Å²) in [5.74, 6) is -1.30. The molecule has 1 atom stereocenters. The van der Waals surface area contributed by atoms with E-state index in [0.717, 1.165) is 54.6 Å². The number of methoxy groups -OCH3 is 1. The molecule has 1 N–H and O–H groups in total. The van der Waals surface area contributed by atoms with Gasteiger partial charge in [0.1, 0.15) is 5.69 Å². The van der Waals surface area contributed by atoms with Crippen molar-refractivity contribution in [1.29, 1.82) is 0 Å². The zero-order valence-corrected chi connectivity index (χ0v) is 24.0. The van der Waals surface area contributed by atoms with Crippen LogP contribution >= 0.6 is 0 Å². The first-order valence-corrected chi connectivity index (χ1v) is 17.0. The predicted molar refractivity (Wildman–Crippen MR) is 151 cm³/mol. The molecule has 214 valence electrons. The topological polar surface area (TPSA) is 141 Å². The van der Waals surface area contributed by atoms with Crippen molar-refractivity contribution < 1.29 is 26.4 Å². The van der Waals surface area contributed by atoms with Crippen LogP contribution in [0.3, 0.4) is 0 Å². The molecule has 3 fully saturated rings. The number of hydrogen-bond donors (Lipinski definition) is 1. The number of amides is 1. The summed E-state index contributed by atoms with van der Waals surface area (Å²) in [5.41, 5.74) is 2.96. The van der Waals surface area contributed by atoms with Gasteiger partial charge in [0.2, 0.25) is 10.0 Å². The lowest BCUT2D eigenvalue weighted by molar-refractivity contribution is 0.0819. The number of nitrogens with one attached hydrogen (secondary N) is 1. The van der Waals surface area contributed by atoms with Gasteiger partial charge in [-0.3, -0.25) is 4.79 Å². The van der Waals surface area contributed by atoms with Crippen molar-refractivity contribution in [2.45, 2.75) is 55.8 Å². The highest BCUT2D eigenvalue weighted by Crippen LogP contribution is 2.43. The summed E-state index contributed by atoms with van der Waals surface area (Å²) < 4.78 is 59.2. The average molecular weight is 588 g/mol. The smallest absolute Gasteiger partial charge is 0.283 e. The van der Waals surface area contributed by atoms with Crippen LogP contribution in [0.2, 0.25) is 0 Å². The number of nitrogens with zero attached hydrogens (tertiary/aromatic N) is 4. The predicted octanol–water partition coefficient (Wildman–Crippen LogP) is 2.55. The molecule has 3 aliphatic rings. The normalized spacial score (nSPS) is 21.9. The molecule has 6 rings (SSSR count). The highest BCUT2D eigenvalue weighted by atomic mass is 32.2. The first-order chi connectivity index (χ1) is 19.1. The molecule has 2 aromatic heterocycles. The molecule has 2 saturated heterocycles. The largest absolute Gasteiger partial charge is 0.381 e. The van der Waals surface area contributed by atoms with Gasteiger partial charge < -0.3 is 9.64 Å². The number of sulfonamides is 1. The van der Waals surface area contributed by atoms with Crippen LogP contribution < -0.4 is 9.62 Å². The number of piperidine rings is 1. The van der Waals surface area contributed by atoms with Crippen LogP contribution in [0, 0.1) is 0 Å². The Bertz CT molecular complexity index is 1640. The van der Waals surface area contributed by atoms with Crippen LogP contribution in [0.5, 0.6) is 0 Å². The van der Waals surface area contributed by atoms with E-state index in [1.165, 1.54) is 0 Å². The number of carbonyl (C=O) groups is 1. The number of para-hydroxylation sites is 1. The van der Waals surface area contributed by atoms with Gasteiger partial charge >= 0.3 is 0 Å². The van der Waals surface area contributed by atoms with Gasteiger partial charge in [0.25, 0.3) is 5.91 Å². The maximum Gasteiger partial charge on any atom is 0.283 e. The Morgan fingerprint density at radius 1 is 1.07 bits per heavy atom. The first kappa shape index (κ1) is 27.2. The summed E-state index contributed by atoms with van der Waals surface area (Å²) in [7, 11) is -5.96. The molecular weight excluding hydrogens is 554 g/mol. The van der Waals surface area contributed by atoms with Crippen LogP contribution in [0.1, 0.15) is 60.6 Å². The van der Waals surface area contributed by atoms with Crippen molar-refractivity contribution in [3.63, 3.8) is 0 Å². The standard InChI is InChI=1S/C27H33N5O6S2/c1-38-20-10-13-31(14-11-20)23-16-22(27(33)30-40(36,37)21-12-15-39(34,35)17-21)28-26-24(23)25(18-6-5-7-18)29-32(26)19-8-3-2-4-9-19/h2-4,8-9,16,18,20-21H,5-7,10-15,17H2,1H3,(H,30,33). The first-order valence-electron chi connectivity index (χ1n) is 13.7. The molecule has 40 heavy (non-hydrogen) atoms. The number of anilines is 1. The molecule has 13 heteroatoms. The van der Waals surface area contributed by atoms with Crippen LogP contribution in [0.15, 0.2) is 36.4 Å². The summed E-state index contributed by atoms with van der Waals surface area (Å²) >= 11 is 0. The minimum atomic E-state index is -4.22. The Labute approximate surface area is 233 Å². The monoisotopic (exact) mass is 587 g/mol. The van der Waals surface area contributed by atoms with E-state index < -0.39 is 36.8 Å². The molecule has 0 spiro atoms. The van der Waals surface area contributed by atoms with E-state index in [0.29, 0.717) is 18.7 Å².